The van der Waals surface area contributed by atoms with Gasteiger partial charge in [0.1, 0.15) is 0 Å². The van der Waals surface area contributed by atoms with Gasteiger partial charge in [-0.15, -0.1) is 0 Å². The van der Waals surface area contributed by atoms with Crippen molar-refractivity contribution < 1.29 is 4.92 Å². The molecule has 0 bridgehead atoms. The fraction of sp³-hybridized carbons (Fsp3) is 0.429. The van der Waals surface area contributed by atoms with Crippen LogP contribution in [0.1, 0.15) is 13.8 Å². The van der Waals surface area contributed by atoms with Crippen LogP contribution in [0.3, 0.4) is 0 Å². The van der Waals surface area contributed by atoms with E-state index >= 15 is 0 Å². The summed E-state index contributed by atoms with van der Waals surface area (Å²) in [7, 11) is 0. The quantitative estimate of drug-likeness (QED) is 0.341. The first-order valence-corrected chi connectivity index (χ1v) is 3.07. The van der Waals surface area contributed by atoms with Crippen molar-refractivity contribution in [3.05, 3.63) is 33.9 Å². The van der Waals surface area contributed by atoms with Gasteiger partial charge in [0.2, 0.25) is 6.54 Å². The van der Waals surface area contributed by atoms with Gasteiger partial charge in [-0.25, -0.2) is 0 Å². The lowest BCUT2D eigenvalue weighted by Crippen LogP contribution is -2.00. The molecule has 0 unspecified atom stereocenters. The van der Waals surface area contributed by atoms with E-state index < -0.39 is 0 Å². The summed E-state index contributed by atoms with van der Waals surface area (Å²) < 4.78 is 0. The first-order chi connectivity index (χ1) is 4.66. The maximum Gasteiger partial charge on any atom is 0.225 e. The smallest absolute Gasteiger partial charge is 0.225 e. The van der Waals surface area contributed by atoms with E-state index in [9.17, 15) is 10.1 Å². The lowest BCUT2D eigenvalue weighted by atomic mass is 10.3. The molecule has 0 rings (SSSR count). The van der Waals surface area contributed by atoms with E-state index in [1.807, 2.05) is 13.0 Å². The molecule has 0 aliphatic heterocycles. The Morgan fingerprint density at radius 1 is 1.70 bits per heavy atom. The van der Waals surface area contributed by atoms with Crippen LogP contribution in [-0.4, -0.2) is 11.5 Å². The summed E-state index contributed by atoms with van der Waals surface area (Å²) in [5.41, 5.74) is 0.767. The van der Waals surface area contributed by atoms with Crippen molar-refractivity contribution >= 4 is 0 Å². The van der Waals surface area contributed by atoms with E-state index in [-0.39, 0.29) is 11.5 Å². The summed E-state index contributed by atoms with van der Waals surface area (Å²) in [6.45, 7) is 3.54. The fourth-order valence-electron chi connectivity index (χ4n) is 0.517. The van der Waals surface area contributed by atoms with Crippen molar-refractivity contribution in [2.75, 3.05) is 6.54 Å². The highest BCUT2D eigenvalue weighted by atomic mass is 16.6. The van der Waals surface area contributed by atoms with E-state index in [2.05, 4.69) is 0 Å². The van der Waals surface area contributed by atoms with Crippen molar-refractivity contribution in [1.82, 2.24) is 0 Å². The molecule has 0 aliphatic carbocycles. The van der Waals surface area contributed by atoms with Crippen molar-refractivity contribution in [3.63, 3.8) is 0 Å². The molecular formula is C7H11NO2. The van der Waals surface area contributed by atoms with Gasteiger partial charge in [-0.05, 0) is 19.4 Å². The molecule has 0 spiro atoms. The van der Waals surface area contributed by atoms with Crippen LogP contribution in [0.5, 0.6) is 0 Å². The second-order valence-corrected chi connectivity index (χ2v) is 2.03. The average Bonchev–Trinajstić information content (AvgIpc) is 1.82. The topological polar surface area (TPSA) is 43.1 Å². The fourth-order valence-corrected chi connectivity index (χ4v) is 0.517. The van der Waals surface area contributed by atoms with Crippen molar-refractivity contribution in [3.8, 4) is 0 Å². The number of nitrogens with zero attached hydrogens (tertiary/aromatic N) is 1. The third-order valence-electron chi connectivity index (χ3n) is 0.952. The van der Waals surface area contributed by atoms with Gasteiger partial charge in [0.15, 0.2) is 0 Å². The molecule has 0 aromatic rings. The van der Waals surface area contributed by atoms with Crippen LogP contribution < -0.4 is 0 Å². The number of allylic oxidation sites excluding steroid dienone is 3. The van der Waals surface area contributed by atoms with Crippen LogP contribution in [0.15, 0.2) is 23.8 Å². The molecule has 3 heteroatoms. The van der Waals surface area contributed by atoms with Gasteiger partial charge < -0.3 is 0 Å². The van der Waals surface area contributed by atoms with Gasteiger partial charge in [-0.2, -0.15) is 0 Å². The molecule has 0 N–H and O–H groups in total. The van der Waals surface area contributed by atoms with Gasteiger partial charge in [0.05, 0.1) is 0 Å². The predicted molar refractivity (Wildman–Crippen MR) is 40.4 cm³/mol. The molecule has 0 aliphatic rings. The lowest BCUT2D eigenvalue weighted by Gasteiger charge is -1.89. The zero-order valence-electron chi connectivity index (χ0n) is 6.20. The Morgan fingerprint density at radius 3 is 2.70 bits per heavy atom. The molecular weight excluding hydrogens is 130 g/mol. The van der Waals surface area contributed by atoms with Crippen LogP contribution in [0, 0.1) is 10.1 Å². The SMILES string of the molecule is C/C=C\C=C(\C)C[N+](=O)[O-]. The second-order valence-electron chi connectivity index (χ2n) is 2.03. The van der Waals surface area contributed by atoms with Gasteiger partial charge >= 0.3 is 0 Å². The lowest BCUT2D eigenvalue weighted by molar-refractivity contribution is -0.470. The zero-order chi connectivity index (χ0) is 7.98. The third kappa shape index (κ3) is 5.03. The van der Waals surface area contributed by atoms with E-state index in [0.717, 1.165) is 5.57 Å². The minimum absolute atomic E-state index is 0.0651. The summed E-state index contributed by atoms with van der Waals surface area (Å²) in [6, 6.07) is 0. The molecule has 10 heavy (non-hydrogen) atoms. The molecule has 0 aromatic carbocycles. The van der Waals surface area contributed by atoms with Crippen molar-refractivity contribution in [2.24, 2.45) is 0 Å². The van der Waals surface area contributed by atoms with Gasteiger partial charge in [-0.1, -0.05) is 18.2 Å². The molecule has 0 radical (unpaired) electrons. The molecule has 0 amide bonds. The molecule has 56 valence electrons. The average molecular weight is 141 g/mol. The van der Waals surface area contributed by atoms with Gasteiger partial charge in [0, 0.05) is 4.92 Å². The standard InChI is InChI=1S/C7H11NO2/c1-3-4-5-7(2)6-8(9)10/h3-5H,6H2,1-2H3/b4-3-,7-5-. The summed E-state index contributed by atoms with van der Waals surface area (Å²) in [6.07, 6.45) is 5.37. The van der Waals surface area contributed by atoms with Crippen LogP contribution in [-0.2, 0) is 0 Å². The number of hydrogen-bond donors (Lipinski definition) is 0. The Morgan fingerprint density at radius 2 is 2.30 bits per heavy atom. The first kappa shape index (κ1) is 8.88. The van der Waals surface area contributed by atoms with Crippen LogP contribution in [0.4, 0.5) is 0 Å². The van der Waals surface area contributed by atoms with E-state index in [0.29, 0.717) is 0 Å². The highest BCUT2D eigenvalue weighted by Crippen LogP contribution is 1.92. The monoisotopic (exact) mass is 141 g/mol. The molecule has 0 atom stereocenters. The molecule has 3 nitrogen and oxygen atoms in total. The Balaban J connectivity index is 3.82. The summed E-state index contributed by atoms with van der Waals surface area (Å²) >= 11 is 0. The van der Waals surface area contributed by atoms with Crippen LogP contribution in [0.2, 0.25) is 0 Å². The first-order valence-electron chi connectivity index (χ1n) is 3.07. The van der Waals surface area contributed by atoms with Crippen molar-refractivity contribution in [2.45, 2.75) is 13.8 Å². The summed E-state index contributed by atoms with van der Waals surface area (Å²) in [4.78, 5) is 9.58. The summed E-state index contributed by atoms with van der Waals surface area (Å²) in [5, 5.41) is 9.91. The predicted octanol–water partition coefficient (Wildman–Crippen LogP) is 1.79. The molecule has 0 aromatic heterocycles. The Labute approximate surface area is 60.2 Å². The number of hydrogen-bond acceptors (Lipinski definition) is 2. The van der Waals surface area contributed by atoms with Crippen LogP contribution >= 0.6 is 0 Å². The highest BCUT2D eigenvalue weighted by Gasteiger charge is 1.95. The molecule has 0 saturated carbocycles. The maximum atomic E-state index is 9.91. The zero-order valence-corrected chi connectivity index (χ0v) is 6.20. The van der Waals surface area contributed by atoms with E-state index in [4.69, 9.17) is 0 Å². The Kier molecular flexibility index (Phi) is 4.20. The van der Waals surface area contributed by atoms with Crippen molar-refractivity contribution in [1.29, 1.82) is 0 Å². The summed E-state index contributed by atoms with van der Waals surface area (Å²) in [5.74, 6) is 0. The maximum absolute atomic E-state index is 9.91. The molecule has 0 saturated heterocycles. The largest absolute Gasteiger partial charge is 0.264 e. The van der Waals surface area contributed by atoms with Crippen LogP contribution in [0.25, 0.3) is 0 Å². The second kappa shape index (κ2) is 4.73. The Hall–Kier alpha value is -1.12. The van der Waals surface area contributed by atoms with E-state index in [1.54, 1.807) is 19.1 Å². The van der Waals surface area contributed by atoms with Gasteiger partial charge in [0.25, 0.3) is 0 Å². The number of nitro groups is 1. The van der Waals surface area contributed by atoms with E-state index in [1.165, 1.54) is 0 Å². The number of rotatable bonds is 3. The minimum atomic E-state index is -0.338. The normalized spacial score (nSPS) is 12.4. The highest BCUT2D eigenvalue weighted by molar-refractivity contribution is 5.09. The third-order valence-corrected chi connectivity index (χ3v) is 0.952. The molecule has 0 fully saturated rings. The Bertz CT molecular complexity index is 170. The van der Waals surface area contributed by atoms with Gasteiger partial charge in [-0.3, -0.25) is 10.1 Å². The minimum Gasteiger partial charge on any atom is -0.264 e. The molecule has 0 heterocycles.